The van der Waals surface area contributed by atoms with Crippen LogP contribution in [0.15, 0.2) is 47.4 Å². The molecule has 4 N–H and O–H groups in total. The Balaban J connectivity index is 0.000000858. The van der Waals surface area contributed by atoms with Gasteiger partial charge in [0.25, 0.3) is 12.4 Å². The molecule has 3 atom stereocenters. The van der Waals surface area contributed by atoms with Gasteiger partial charge in [0.15, 0.2) is 0 Å². The molecule has 31 heavy (non-hydrogen) atoms. The molecule has 1 aliphatic rings. The molecule has 1 aliphatic carbocycles. The first-order valence-electron chi connectivity index (χ1n) is 9.47. The van der Waals surface area contributed by atoms with Gasteiger partial charge in [-0.05, 0) is 36.6 Å². The molecule has 0 saturated heterocycles. The minimum atomic E-state index is -0.814. The number of fused-ring (bicyclic) bond motifs is 1. The van der Waals surface area contributed by atoms with E-state index in [1.54, 1.807) is 36.8 Å². The molecule has 3 heterocycles. The topological polar surface area (TPSA) is 168 Å². The highest BCUT2D eigenvalue weighted by Gasteiger charge is 2.38. The lowest BCUT2D eigenvalue weighted by Crippen LogP contribution is -2.40. The zero-order valence-electron chi connectivity index (χ0n) is 16.3. The van der Waals surface area contributed by atoms with E-state index in [1.807, 2.05) is 6.07 Å². The number of hydrogen-bond donors (Lipinski definition) is 4. The molecular weight excluding hydrogens is 406 g/mol. The highest BCUT2D eigenvalue weighted by atomic mass is 16.5. The number of carbonyl (C=O) groups is 3. The maximum Gasteiger partial charge on any atom is 0.290 e. The van der Waals surface area contributed by atoms with Crippen LogP contribution >= 0.6 is 0 Å². The molecule has 11 nitrogen and oxygen atoms in total. The summed E-state index contributed by atoms with van der Waals surface area (Å²) in [5.41, 5.74) is 1.23. The fourth-order valence-electron chi connectivity index (χ4n) is 3.40. The minimum absolute atomic E-state index is 0.0415. The molecule has 2 amide bonds. The van der Waals surface area contributed by atoms with Gasteiger partial charge in [-0.15, -0.1) is 0 Å². The van der Waals surface area contributed by atoms with E-state index < -0.39 is 18.1 Å². The molecule has 3 aromatic rings. The molecule has 0 aromatic carbocycles. The van der Waals surface area contributed by atoms with Crippen molar-refractivity contribution in [1.82, 2.24) is 25.8 Å². The third-order valence-corrected chi connectivity index (χ3v) is 4.87. The van der Waals surface area contributed by atoms with Crippen LogP contribution in [0.1, 0.15) is 29.0 Å². The van der Waals surface area contributed by atoms with Gasteiger partial charge in [-0.2, -0.15) is 0 Å². The van der Waals surface area contributed by atoms with Crippen molar-refractivity contribution in [2.24, 2.45) is 5.92 Å². The molecule has 0 spiro atoms. The first-order chi connectivity index (χ1) is 15.0. The molecule has 11 heteroatoms. The number of amides is 2. The van der Waals surface area contributed by atoms with Gasteiger partial charge in [0, 0.05) is 31.1 Å². The minimum Gasteiger partial charge on any atom is -0.483 e. The number of aliphatic hydroxyl groups excluding tert-OH is 1. The predicted octanol–water partition coefficient (Wildman–Crippen LogP) is 0.504. The molecule has 0 radical (unpaired) electrons. The number of aliphatic hydroxyl groups is 1. The number of aromatic nitrogens is 3. The molecule has 162 valence electrons. The summed E-state index contributed by atoms with van der Waals surface area (Å²) >= 11 is 0. The van der Waals surface area contributed by atoms with Gasteiger partial charge in [-0.25, -0.2) is 4.98 Å². The maximum absolute atomic E-state index is 12.5. The summed E-state index contributed by atoms with van der Waals surface area (Å²) in [6.07, 6.45) is 4.72. The normalized spacial score (nSPS) is 19.8. The summed E-state index contributed by atoms with van der Waals surface area (Å²) in [5, 5.41) is 27.0. The summed E-state index contributed by atoms with van der Waals surface area (Å²) in [6.45, 7) is 0.118. The molecule has 0 bridgehead atoms. The summed E-state index contributed by atoms with van der Waals surface area (Å²) in [7, 11) is 0. The van der Waals surface area contributed by atoms with Crippen LogP contribution < -0.4 is 10.6 Å². The number of rotatable bonds is 5. The summed E-state index contributed by atoms with van der Waals surface area (Å²) in [4.78, 5) is 41.3. The zero-order valence-corrected chi connectivity index (χ0v) is 16.3. The van der Waals surface area contributed by atoms with E-state index in [1.165, 1.54) is 0 Å². The number of nitrogens with one attached hydrogen (secondary N) is 2. The Labute approximate surface area is 176 Å². The lowest BCUT2D eigenvalue weighted by Gasteiger charge is -2.15. The third-order valence-electron chi connectivity index (χ3n) is 4.87. The van der Waals surface area contributed by atoms with Crippen molar-refractivity contribution in [2.75, 3.05) is 0 Å². The summed E-state index contributed by atoms with van der Waals surface area (Å²) < 4.78 is 5.09. The highest BCUT2D eigenvalue weighted by Crippen LogP contribution is 2.27. The van der Waals surface area contributed by atoms with Crippen molar-refractivity contribution in [2.45, 2.75) is 31.5 Å². The summed E-state index contributed by atoms with van der Waals surface area (Å²) in [6, 6.07) is 6.50. The van der Waals surface area contributed by atoms with Crippen LogP contribution in [0.25, 0.3) is 11.0 Å². The van der Waals surface area contributed by atoms with E-state index in [-0.39, 0.29) is 30.5 Å². The van der Waals surface area contributed by atoms with Crippen LogP contribution in [0.5, 0.6) is 0 Å². The molecule has 1 saturated carbocycles. The van der Waals surface area contributed by atoms with Crippen molar-refractivity contribution < 1.29 is 29.1 Å². The van der Waals surface area contributed by atoms with E-state index in [9.17, 15) is 14.7 Å². The Morgan fingerprint density at radius 2 is 2.00 bits per heavy atom. The van der Waals surface area contributed by atoms with Crippen LogP contribution in [0.2, 0.25) is 0 Å². The number of nitrogens with zero attached hydrogens (tertiary/aromatic N) is 3. The van der Waals surface area contributed by atoms with Crippen LogP contribution in [-0.2, 0) is 16.1 Å². The van der Waals surface area contributed by atoms with E-state index in [4.69, 9.17) is 14.4 Å². The van der Waals surface area contributed by atoms with Crippen molar-refractivity contribution in [3.8, 4) is 0 Å². The Bertz CT molecular complexity index is 1040. The van der Waals surface area contributed by atoms with Crippen LogP contribution in [0.3, 0.4) is 0 Å². The monoisotopic (exact) mass is 427 g/mol. The standard InChI is InChI=1S/C19H19N5O4.CH2O2/c25-15-8-12(18(26)22-10-11-3-1-5-20-9-11)7-14(15)23-19(27)16-13-4-2-6-21-17(13)24-28-16;2-1-3/h1-6,9,12,14-15,25H,7-8,10H2,(H,22,26)(H,23,27);1H,(H,2,3)/t12-,14-,15-;/m0./s1. The second-order valence-corrected chi connectivity index (χ2v) is 6.89. The molecule has 1 fully saturated rings. The van der Waals surface area contributed by atoms with Gasteiger partial charge in [-0.3, -0.25) is 19.4 Å². The van der Waals surface area contributed by atoms with Crippen molar-refractivity contribution in [1.29, 1.82) is 0 Å². The Morgan fingerprint density at radius 3 is 2.74 bits per heavy atom. The van der Waals surface area contributed by atoms with E-state index in [0.717, 1.165) is 5.56 Å². The van der Waals surface area contributed by atoms with E-state index in [2.05, 4.69) is 25.8 Å². The largest absolute Gasteiger partial charge is 0.483 e. The van der Waals surface area contributed by atoms with Gasteiger partial charge in [-0.1, -0.05) is 11.2 Å². The highest BCUT2D eigenvalue weighted by molar-refractivity contribution is 6.02. The Morgan fingerprint density at radius 1 is 1.23 bits per heavy atom. The second-order valence-electron chi connectivity index (χ2n) is 6.89. The van der Waals surface area contributed by atoms with E-state index >= 15 is 0 Å². The van der Waals surface area contributed by atoms with Crippen molar-refractivity contribution in [3.05, 3.63) is 54.2 Å². The fraction of sp³-hybridized carbons (Fsp3) is 0.300. The molecule has 3 aromatic heterocycles. The lowest BCUT2D eigenvalue weighted by molar-refractivity contribution is -0.125. The molecule has 0 unspecified atom stereocenters. The van der Waals surface area contributed by atoms with Crippen LogP contribution in [-0.4, -0.2) is 55.8 Å². The van der Waals surface area contributed by atoms with Crippen LogP contribution in [0.4, 0.5) is 0 Å². The lowest BCUT2D eigenvalue weighted by atomic mass is 10.1. The number of carbonyl (C=O) groups excluding carboxylic acids is 2. The van der Waals surface area contributed by atoms with E-state index in [0.29, 0.717) is 24.0 Å². The van der Waals surface area contributed by atoms with Crippen LogP contribution in [0, 0.1) is 5.92 Å². The molecule has 0 aliphatic heterocycles. The molecule has 4 rings (SSSR count). The van der Waals surface area contributed by atoms with Gasteiger partial charge in [0.1, 0.15) is 0 Å². The quantitative estimate of drug-likeness (QED) is 0.424. The second kappa shape index (κ2) is 10.3. The Kier molecular flexibility index (Phi) is 7.22. The smallest absolute Gasteiger partial charge is 0.290 e. The fourth-order valence-corrected chi connectivity index (χ4v) is 3.40. The van der Waals surface area contributed by atoms with Gasteiger partial charge >= 0.3 is 0 Å². The number of hydrogen-bond acceptors (Lipinski definition) is 8. The zero-order chi connectivity index (χ0) is 22.2. The summed E-state index contributed by atoms with van der Waals surface area (Å²) in [5.74, 6) is -0.991. The first-order valence-corrected chi connectivity index (χ1v) is 9.47. The maximum atomic E-state index is 12.5. The number of pyridine rings is 2. The van der Waals surface area contributed by atoms with Gasteiger partial charge in [0.05, 0.1) is 17.5 Å². The SMILES string of the molecule is O=C(N[C@H]1C[C@H](C(=O)NCc2cccnc2)C[C@@H]1O)c1onc2ncccc12.O=CO. The first kappa shape index (κ1) is 21.8. The molecular formula is C20H21N5O6. The Hall–Kier alpha value is -3.86. The van der Waals surface area contributed by atoms with Crippen molar-refractivity contribution >= 4 is 29.3 Å². The van der Waals surface area contributed by atoms with Crippen molar-refractivity contribution in [3.63, 3.8) is 0 Å². The van der Waals surface area contributed by atoms with Gasteiger partial charge < -0.3 is 25.4 Å². The van der Waals surface area contributed by atoms with Gasteiger partial charge in [0.2, 0.25) is 17.3 Å². The average Bonchev–Trinajstić information content (AvgIpc) is 3.37. The third kappa shape index (κ3) is 5.39. The predicted molar refractivity (Wildman–Crippen MR) is 107 cm³/mol. The average molecular weight is 427 g/mol. The number of carboxylic acid groups (broad SMARTS) is 1.